The van der Waals surface area contributed by atoms with Crippen LogP contribution in [0.5, 0.6) is 0 Å². The molecule has 19 heavy (non-hydrogen) atoms. The smallest absolute Gasteiger partial charge is 0.330 e. The third kappa shape index (κ3) is 6.80. The molecule has 0 aliphatic rings. The van der Waals surface area contributed by atoms with E-state index in [9.17, 15) is 4.79 Å². The fraction of sp³-hybridized carbons (Fsp3) is 0.471. The number of carbonyl (C=O) groups is 1. The van der Waals surface area contributed by atoms with Gasteiger partial charge in [0.15, 0.2) is 0 Å². The number of hydrogen-bond acceptors (Lipinski definition) is 2. The summed E-state index contributed by atoms with van der Waals surface area (Å²) in [5.74, 6) is -0.286. The number of unbranched alkanes of at least 4 members (excludes halogenated alkanes) is 3. The molecule has 0 atom stereocenters. The molecule has 0 unspecified atom stereocenters. The third-order valence-electron chi connectivity index (χ3n) is 3.00. The van der Waals surface area contributed by atoms with E-state index in [1.54, 1.807) is 13.0 Å². The SMILES string of the molecule is CCCCCCc1ccc(C=CC(=O)OCC)cc1. The largest absolute Gasteiger partial charge is 0.463 e. The highest BCUT2D eigenvalue weighted by Gasteiger charge is 1.96. The van der Waals surface area contributed by atoms with Gasteiger partial charge in [0.25, 0.3) is 0 Å². The van der Waals surface area contributed by atoms with Gasteiger partial charge in [-0.2, -0.15) is 0 Å². The van der Waals surface area contributed by atoms with E-state index < -0.39 is 0 Å². The summed E-state index contributed by atoms with van der Waals surface area (Å²) in [5, 5.41) is 0. The minimum Gasteiger partial charge on any atom is -0.463 e. The molecular weight excluding hydrogens is 236 g/mol. The summed E-state index contributed by atoms with van der Waals surface area (Å²) in [7, 11) is 0. The van der Waals surface area contributed by atoms with Crippen LogP contribution in [0.25, 0.3) is 6.08 Å². The average Bonchev–Trinajstić information content (AvgIpc) is 2.43. The zero-order valence-corrected chi connectivity index (χ0v) is 12.0. The Morgan fingerprint density at radius 3 is 2.47 bits per heavy atom. The molecule has 0 spiro atoms. The van der Waals surface area contributed by atoms with Crippen molar-refractivity contribution in [3.8, 4) is 0 Å². The van der Waals surface area contributed by atoms with Crippen molar-refractivity contribution in [1.29, 1.82) is 0 Å². The lowest BCUT2D eigenvalue weighted by Gasteiger charge is -2.02. The molecule has 0 saturated heterocycles. The highest BCUT2D eigenvalue weighted by atomic mass is 16.5. The molecule has 0 fully saturated rings. The van der Waals surface area contributed by atoms with Gasteiger partial charge in [-0.15, -0.1) is 0 Å². The second-order valence-corrected chi connectivity index (χ2v) is 4.64. The average molecular weight is 260 g/mol. The Hall–Kier alpha value is -1.57. The summed E-state index contributed by atoms with van der Waals surface area (Å²) in [6, 6.07) is 8.36. The molecule has 0 amide bonds. The molecule has 1 aromatic carbocycles. The zero-order valence-electron chi connectivity index (χ0n) is 12.0. The monoisotopic (exact) mass is 260 g/mol. The van der Waals surface area contributed by atoms with Crippen molar-refractivity contribution >= 4 is 12.0 Å². The number of benzene rings is 1. The van der Waals surface area contributed by atoms with E-state index in [1.165, 1.54) is 37.3 Å². The van der Waals surface area contributed by atoms with Crippen LogP contribution in [0, 0.1) is 0 Å². The standard InChI is InChI=1S/C17H24O2/c1-3-5-6-7-8-15-9-11-16(12-10-15)13-14-17(18)19-4-2/h9-14H,3-8H2,1-2H3. The van der Waals surface area contributed by atoms with E-state index in [-0.39, 0.29) is 5.97 Å². The first kappa shape index (κ1) is 15.5. The van der Waals surface area contributed by atoms with Crippen molar-refractivity contribution in [2.24, 2.45) is 0 Å². The van der Waals surface area contributed by atoms with Crippen molar-refractivity contribution < 1.29 is 9.53 Å². The van der Waals surface area contributed by atoms with Crippen LogP contribution >= 0.6 is 0 Å². The van der Waals surface area contributed by atoms with Crippen LogP contribution in [0.2, 0.25) is 0 Å². The fourth-order valence-electron chi connectivity index (χ4n) is 1.91. The molecule has 0 aromatic heterocycles. The normalized spacial score (nSPS) is 10.8. The second-order valence-electron chi connectivity index (χ2n) is 4.64. The molecule has 2 nitrogen and oxygen atoms in total. The first-order valence-electron chi connectivity index (χ1n) is 7.20. The molecule has 104 valence electrons. The molecule has 0 heterocycles. The molecule has 0 bridgehead atoms. The number of aryl methyl sites for hydroxylation is 1. The number of rotatable bonds is 8. The first-order valence-corrected chi connectivity index (χ1v) is 7.20. The van der Waals surface area contributed by atoms with Crippen LogP contribution < -0.4 is 0 Å². The van der Waals surface area contributed by atoms with Crippen molar-refractivity contribution in [2.45, 2.75) is 46.0 Å². The van der Waals surface area contributed by atoms with Crippen LogP contribution in [-0.4, -0.2) is 12.6 Å². The Kier molecular flexibility index (Phi) is 7.64. The summed E-state index contributed by atoms with van der Waals surface area (Å²) in [5.41, 5.74) is 2.40. The molecule has 0 saturated carbocycles. The number of hydrogen-bond donors (Lipinski definition) is 0. The van der Waals surface area contributed by atoms with Crippen LogP contribution in [-0.2, 0) is 16.0 Å². The van der Waals surface area contributed by atoms with E-state index in [4.69, 9.17) is 4.74 Å². The quantitative estimate of drug-likeness (QED) is 0.394. The van der Waals surface area contributed by atoms with Gasteiger partial charge >= 0.3 is 5.97 Å². The summed E-state index contributed by atoms with van der Waals surface area (Å²) < 4.78 is 4.84. The van der Waals surface area contributed by atoms with Crippen LogP contribution in [0.15, 0.2) is 30.3 Å². The minimum atomic E-state index is -0.286. The molecule has 1 rings (SSSR count). The van der Waals surface area contributed by atoms with Crippen molar-refractivity contribution in [3.05, 3.63) is 41.5 Å². The number of ether oxygens (including phenoxy) is 1. The van der Waals surface area contributed by atoms with Gasteiger partial charge < -0.3 is 4.74 Å². The van der Waals surface area contributed by atoms with Crippen LogP contribution in [0.1, 0.15) is 50.7 Å². The molecule has 0 N–H and O–H groups in total. The van der Waals surface area contributed by atoms with Crippen LogP contribution in [0.4, 0.5) is 0 Å². The minimum absolute atomic E-state index is 0.286. The van der Waals surface area contributed by atoms with E-state index in [0.717, 1.165) is 12.0 Å². The van der Waals surface area contributed by atoms with Crippen molar-refractivity contribution in [3.63, 3.8) is 0 Å². The molecule has 0 radical (unpaired) electrons. The first-order chi connectivity index (χ1) is 9.26. The highest BCUT2D eigenvalue weighted by Crippen LogP contribution is 2.10. The summed E-state index contributed by atoms with van der Waals surface area (Å²) in [4.78, 5) is 11.2. The van der Waals surface area contributed by atoms with E-state index in [1.807, 2.05) is 12.1 Å². The predicted molar refractivity (Wildman–Crippen MR) is 80.0 cm³/mol. The highest BCUT2D eigenvalue weighted by molar-refractivity contribution is 5.86. The summed E-state index contributed by atoms with van der Waals surface area (Å²) in [6.07, 6.45) is 9.56. The van der Waals surface area contributed by atoms with E-state index in [2.05, 4.69) is 19.1 Å². The molecule has 0 aliphatic heterocycles. The van der Waals surface area contributed by atoms with Gasteiger partial charge in [-0.25, -0.2) is 4.79 Å². The van der Waals surface area contributed by atoms with E-state index in [0.29, 0.717) is 6.61 Å². The molecule has 1 aromatic rings. The fourth-order valence-corrected chi connectivity index (χ4v) is 1.91. The van der Waals surface area contributed by atoms with Gasteiger partial charge in [0.05, 0.1) is 6.61 Å². The van der Waals surface area contributed by atoms with Crippen molar-refractivity contribution in [2.75, 3.05) is 6.61 Å². The molecule has 2 heteroatoms. The maximum Gasteiger partial charge on any atom is 0.330 e. The maximum absolute atomic E-state index is 11.2. The third-order valence-corrected chi connectivity index (χ3v) is 3.00. The summed E-state index contributed by atoms with van der Waals surface area (Å²) >= 11 is 0. The Balaban J connectivity index is 2.40. The van der Waals surface area contributed by atoms with Gasteiger partial charge in [-0.05, 0) is 37.0 Å². The topological polar surface area (TPSA) is 26.3 Å². The molecule has 0 aliphatic carbocycles. The van der Waals surface area contributed by atoms with Gasteiger partial charge in [0, 0.05) is 6.08 Å². The van der Waals surface area contributed by atoms with Gasteiger partial charge in [0.1, 0.15) is 0 Å². The molecular formula is C17H24O2. The van der Waals surface area contributed by atoms with Gasteiger partial charge in [0.2, 0.25) is 0 Å². The lowest BCUT2D eigenvalue weighted by atomic mass is 10.0. The maximum atomic E-state index is 11.2. The Morgan fingerprint density at radius 1 is 1.11 bits per heavy atom. The van der Waals surface area contributed by atoms with Crippen molar-refractivity contribution in [1.82, 2.24) is 0 Å². The predicted octanol–water partition coefficient (Wildman–Crippen LogP) is 4.39. The Morgan fingerprint density at radius 2 is 1.84 bits per heavy atom. The van der Waals surface area contributed by atoms with Gasteiger partial charge in [-0.3, -0.25) is 0 Å². The summed E-state index contributed by atoms with van der Waals surface area (Å²) in [6.45, 7) is 4.45. The van der Waals surface area contributed by atoms with E-state index >= 15 is 0 Å². The van der Waals surface area contributed by atoms with Gasteiger partial charge in [-0.1, -0.05) is 50.5 Å². The number of esters is 1. The zero-order chi connectivity index (χ0) is 13.9. The number of carbonyl (C=O) groups excluding carboxylic acids is 1. The second kappa shape index (κ2) is 9.37. The lowest BCUT2D eigenvalue weighted by molar-refractivity contribution is -0.137. The Labute approximate surface area is 116 Å². The Bertz CT molecular complexity index is 390. The van der Waals surface area contributed by atoms with Crippen LogP contribution in [0.3, 0.4) is 0 Å². The lowest BCUT2D eigenvalue weighted by Crippen LogP contribution is -1.98.